The maximum atomic E-state index is 6.22. The number of hydrogen-bond donors (Lipinski definition) is 2. The maximum absolute atomic E-state index is 6.22. The lowest BCUT2D eigenvalue weighted by Crippen LogP contribution is -2.42. The van der Waals surface area contributed by atoms with Crippen LogP contribution in [0.2, 0.25) is 0 Å². The number of aromatic nitrogens is 4. The van der Waals surface area contributed by atoms with E-state index in [-0.39, 0.29) is 0 Å². The lowest BCUT2D eigenvalue weighted by Gasteiger charge is -2.35. The fraction of sp³-hybridized carbons (Fsp3) is 0.476. The number of nitrogens with two attached hydrogens (primary N) is 2. The van der Waals surface area contributed by atoms with Crippen molar-refractivity contribution in [1.29, 1.82) is 0 Å². The SMILES string of the molecule is COc1cc(-c2nn(CCN3CCC(N(C)C)CC3)c3ncnc(N)c23)ccc1N. The van der Waals surface area contributed by atoms with Gasteiger partial charge in [-0.05, 0) is 52.2 Å². The second kappa shape index (κ2) is 8.45. The molecule has 1 aliphatic heterocycles. The Bertz CT molecular complexity index is 1020. The molecule has 0 spiro atoms. The lowest BCUT2D eigenvalue weighted by molar-refractivity contribution is 0.141. The Balaban J connectivity index is 1.60. The van der Waals surface area contributed by atoms with Gasteiger partial charge in [0.25, 0.3) is 0 Å². The molecule has 9 nitrogen and oxygen atoms in total. The fourth-order valence-electron chi connectivity index (χ4n) is 4.14. The normalized spacial score (nSPS) is 15.9. The number of piperidine rings is 1. The Morgan fingerprint density at radius 3 is 2.60 bits per heavy atom. The van der Waals surface area contributed by atoms with Crippen LogP contribution >= 0.6 is 0 Å². The van der Waals surface area contributed by atoms with Gasteiger partial charge in [-0.2, -0.15) is 5.10 Å². The number of hydrogen-bond acceptors (Lipinski definition) is 8. The van der Waals surface area contributed by atoms with E-state index in [1.165, 1.54) is 19.2 Å². The van der Waals surface area contributed by atoms with E-state index in [0.717, 1.165) is 48.5 Å². The Labute approximate surface area is 176 Å². The Morgan fingerprint density at radius 2 is 1.90 bits per heavy atom. The molecule has 0 radical (unpaired) electrons. The highest BCUT2D eigenvalue weighted by Gasteiger charge is 2.22. The largest absolute Gasteiger partial charge is 0.495 e. The number of ether oxygens (including phenoxy) is 1. The van der Waals surface area contributed by atoms with E-state index in [1.54, 1.807) is 7.11 Å². The third-order valence-corrected chi connectivity index (χ3v) is 5.98. The van der Waals surface area contributed by atoms with Gasteiger partial charge in [0.2, 0.25) is 0 Å². The van der Waals surface area contributed by atoms with Crippen molar-refractivity contribution in [2.75, 3.05) is 52.3 Å². The van der Waals surface area contributed by atoms with Gasteiger partial charge >= 0.3 is 0 Å². The van der Waals surface area contributed by atoms with Crippen LogP contribution in [0.5, 0.6) is 5.75 Å². The third kappa shape index (κ3) is 3.90. The molecule has 3 aromatic rings. The van der Waals surface area contributed by atoms with Gasteiger partial charge in [0.05, 0.1) is 24.7 Å². The van der Waals surface area contributed by atoms with Crippen molar-refractivity contribution >= 4 is 22.5 Å². The van der Waals surface area contributed by atoms with Crippen LogP contribution in [-0.2, 0) is 6.54 Å². The monoisotopic (exact) mass is 410 g/mol. The average molecular weight is 411 g/mol. The minimum absolute atomic E-state index is 0.420. The molecule has 1 aliphatic rings. The lowest BCUT2D eigenvalue weighted by atomic mass is 10.0. The molecule has 1 fully saturated rings. The average Bonchev–Trinajstić information content (AvgIpc) is 3.13. The van der Waals surface area contributed by atoms with E-state index in [2.05, 4.69) is 33.9 Å². The van der Waals surface area contributed by atoms with Gasteiger partial charge in [-0.25, -0.2) is 14.6 Å². The van der Waals surface area contributed by atoms with Gasteiger partial charge in [0.15, 0.2) is 5.65 Å². The van der Waals surface area contributed by atoms with Crippen LogP contribution in [0.4, 0.5) is 11.5 Å². The molecule has 1 aromatic carbocycles. The van der Waals surface area contributed by atoms with Crippen molar-refractivity contribution in [2.45, 2.75) is 25.4 Å². The highest BCUT2D eigenvalue weighted by molar-refractivity contribution is 5.98. The summed E-state index contributed by atoms with van der Waals surface area (Å²) in [6.45, 7) is 3.86. The minimum atomic E-state index is 0.420. The molecule has 160 valence electrons. The predicted octanol–water partition coefficient (Wildman–Crippen LogP) is 1.69. The number of fused-ring (bicyclic) bond motifs is 1. The molecule has 4 N–H and O–H groups in total. The molecule has 0 bridgehead atoms. The molecule has 2 aromatic heterocycles. The van der Waals surface area contributed by atoms with Gasteiger partial charge in [0, 0.05) is 18.2 Å². The topological polar surface area (TPSA) is 111 Å². The van der Waals surface area contributed by atoms with E-state index in [4.69, 9.17) is 21.3 Å². The molecule has 9 heteroatoms. The molecule has 1 saturated heterocycles. The zero-order valence-electron chi connectivity index (χ0n) is 17.9. The van der Waals surface area contributed by atoms with Crippen LogP contribution in [-0.4, -0.2) is 76.4 Å². The maximum Gasteiger partial charge on any atom is 0.164 e. The van der Waals surface area contributed by atoms with E-state index in [1.807, 2.05) is 22.9 Å². The highest BCUT2D eigenvalue weighted by Crippen LogP contribution is 2.34. The molecule has 3 heterocycles. The van der Waals surface area contributed by atoms with Gasteiger partial charge in [0.1, 0.15) is 23.6 Å². The van der Waals surface area contributed by atoms with Crippen LogP contribution in [0.15, 0.2) is 24.5 Å². The fourth-order valence-corrected chi connectivity index (χ4v) is 4.14. The Morgan fingerprint density at radius 1 is 1.13 bits per heavy atom. The first-order valence-electron chi connectivity index (χ1n) is 10.3. The van der Waals surface area contributed by atoms with Crippen LogP contribution in [0.1, 0.15) is 12.8 Å². The smallest absolute Gasteiger partial charge is 0.164 e. The van der Waals surface area contributed by atoms with Crippen LogP contribution < -0.4 is 16.2 Å². The van der Waals surface area contributed by atoms with Crippen LogP contribution in [0, 0.1) is 0 Å². The highest BCUT2D eigenvalue weighted by atomic mass is 16.5. The third-order valence-electron chi connectivity index (χ3n) is 5.98. The summed E-state index contributed by atoms with van der Waals surface area (Å²) in [4.78, 5) is 13.5. The van der Waals surface area contributed by atoms with Crippen molar-refractivity contribution in [3.05, 3.63) is 24.5 Å². The first-order valence-corrected chi connectivity index (χ1v) is 10.3. The van der Waals surface area contributed by atoms with Gasteiger partial charge in [-0.15, -0.1) is 0 Å². The molecule has 0 aliphatic carbocycles. The number of nitrogens with zero attached hydrogens (tertiary/aromatic N) is 6. The quantitative estimate of drug-likeness (QED) is 0.591. The molecular weight excluding hydrogens is 380 g/mol. The van der Waals surface area contributed by atoms with Crippen molar-refractivity contribution in [3.8, 4) is 17.0 Å². The number of rotatable bonds is 6. The zero-order chi connectivity index (χ0) is 21.3. The van der Waals surface area contributed by atoms with Crippen molar-refractivity contribution in [1.82, 2.24) is 29.5 Å². The molecule has 0 atom stereocenters. The van der Waals surface area contributed by atoms with Crippen LogP contribution in [0.25, 0.3) is 22.3 Å². The number of anilines is 2. The second-order valence-electron chi connectivity index (χ2n) is 8.02. The van der Waals surface area contributed by atoms with E-state index in [9.17, 15) is 0 Å². The summed E-state index contributed by atoms with van der Waals surface area (Å²) in [5.74, 6) is 1.03. The first-order chi connectivity index (χ1) is 14.5. The summed E-state index contributed by atoms with van der Waals surface area (Å²) in [6, 6.07) is 6.28. The first kappa shape index (κ1) is 20.4. The summed E-state index contributed by atoms with van der Waals surface area (Å²) < 4.78 is 7.31. The van der Waals surface area contributed by atoms with E-state index >= 15 is 0 Å². The predicted molar refractivity (Wildman–Crippen MR) is 119 cm³/mol. The number of benzene rings is 1. The number of nitrogen functional groups attached to an aromatic ring is 2. The zero-order valence-corrected chi connectivity index (χ0v) is 17.9. The minimum Gasteiger partial charge on any atom is -0.495 e. The van der Waals surface area contributed by atoms with Crippen molar-refractivity contribution in [2.24, 2.45) is 0 Å². The summed E-state index contributed by atoms with van der Waals surface area (Å²) in [7, 11) is 5.92. The summed E-state index contributed by atoms with van der Waals surface area (Å²) in [5, 5.41) is 5.62. The molecular formula is C21H30N8O. The molecule has 0 amide bonds. The second-order valence-corrected chi connectivity index (χ2v) is 8.02. The van der Waals surface area contributed by atoms with Gasteiger partial charge < -0.3 is 26.0 Å². The molecule has 4 rings (SSSR count). The number of likely N-dealkylation sites (tertiary alicyclic amines) is 1. The van der Waals surface area contributed by atoms with E-state index in [0.29, 0.717) is 23.3 Å². The number of methoxy groups -OCH3 is 1. The summed E-state index contributed by atoms with van der Waals surface area (Å²) >= 11 is 0. The molecule has 0 unspecified atom stereocenters. The Hall–Kier alpha value is -2.91. The van der Waals surface area contributed by atoms with Crippen molar-refractivity contribution < 1.29 is 4.74 Å². The standard InChI is InChI=1S/C21H30N8O/c1-27(2)15-6-8-28(9-7-15)10-11-29-21-18(20(23)24-13-25-21)19(26-29)14-4-5-16(22)17(12-14)30-3/h4-5,12-13,15H,6-11,22H2,1-3H3,(H2,23,24,25). The molecule has 0 saturated carbocycles. The van der Waals surface area contributed by atoms with Crippen LogP contribution in [0.3, 0.4) is 0 Å². The van der Waals surface area contributed by atoms with E-state index < -0.39 is 0 Å². The molecule has 30 heavy (non-hydrogen) atoms. The summed E-state index contributed by atoms with van der Waals surface area (Å²) in [5.41, 5.74) is 15.1. The summed E-state index contributed by atoms with van der Waals surface area (Å²) in [6.07, 6.45) is 3.88. The van der Waals surface area contributed by atoms with Gasteiger partial charge in [-0.1, -0.05) is 6.07 Å². The van der Waals surface area contributed by atoms with Gasteiger partial charge in [-0.3, -0.25) is 0 Å². The van der Waals surface area contributed by atoms with Crippen molar-refractivity contribution in [3.63, 3.8) is 0 Å². The Kier molecular flexibility index (Phi) is 5.74.